The van der Waals surface area contributed by atoms with E-state index in [4.69, 9.17) is 11.0 Å². The van der Waals surface area contributed by atoms with Crippen molar-refractivity contribution in [3.8, 4) is 6.07 Å². The summed E-state index contributed by atoms with van der Waals surface area (Å²) >= 11 is 0. The number of alkyl halides is 3. The van der Waals surface area contributed by atoms with Crippen LogP contribution in [-0.4, -0.2) is 12.1 Å². The smallest absolute Gasteiger partial charge is 0.397 e. The second-order valence-corrected chi connectivity index (χ2v) is 3.25. The van der Waals surface area contributed by atoms with Crippen LogP contribution in [0.2, 0.25) is 0 Å². The van der Waals surface area contributed by atoms with Gasteiger partial charge in [0, 0.05) is 0 Å². The Morgan fingerprint density at radius 3 is 2.59 bits per heavy atom. The summed E-state index contributed by atoms with van der Waals surface area (Å²) in [5, 5.41) is 10.6. The van der Waals surface area contributed by atoms with E-state index in [1.54, 1.807) is 0 Å². The summed E-state index contributed by atoms with van der Waals surface area (Å²) in [6, 6.07) is 5.71. The number of nitrogen functional groups attached to an aromatic ring is 1. The Bertz CT molecular complexity index is 477. The van der Waals surface area contributed by atoms with Gasteiger partial charge in [0.2, 0.25) is 5.91 Å². The van der Waals surface area contributed by atoms with Crippen LogP contribution >= 0.6 is 0 Å². The number of halogens is 3. The first kappa shape index (κ1) is 12.8. The van der Waals surface area contributed by atoms with Crippen LogP contribution in [0.15, 0.2) is 18.2 Å². The lowest BCUT2D eigenvalue weighted by atomic mass is 10.2. The van der Waals surface area contributed by atoms with Gasteiger partial charge in [0.25, 0.3) is 0 Å². The number of benzene rings is 1. The largest absolute Gasteiger partial charge is 0.397 e. The van der Waals surface area contributed by atoms with Crippen molar-refractivity contribution in [2.75, 3.05) is 11.1 Å². The lowest BCUT2D eigenvalue weighted by Crippen LogP contribution is -2.21. The van der Waals surface area contributed by atoms with Gasteiger partial charge in [0.15, 0.2) is 0 Å². The third kappa shape index (κ3) is 4.03. The van der Waals surface area contributed by atoms with Crippen LogP contribution in [0.4, 0.5) is 24.5 Å². The molecule has 1 aromatic carbocycles. The zero-order valence-electron chi connectivity index (χ0n) is 8.51. The molecule has 0 aliphatic carbocycles. The Labute approximate surface area is 94.8 Å². The monoisotopic (exact) mass is 243 g/mol. The first-order valence-electron chi connectivity index (χ1n) is 4.48. The molecule has 0 heterocycles. The number of nitrogens with zero attached hydrogens (tertiary/aromatic N) is 1. The maximum absolute atomic E-state index is 11.9. The first-order chi connectivity index (χ1) is 7.81. The van der Waals surface area contributed by atoms with Crippen LogP contribution in [0.25, 0.3) is 0 Å². The zero-order valence-corrected chi connectivity index (χ0v) is 8.51. The molecule has 0 aliphatic heterocycles. The average Bonchev–Trinajstić information content (AvgIpc) is 2.18. The Hall–Kier alpha value is -2.23. The van der Waals surface area contributed by atoms with Crippen molar-refractivity contribution in [2.45, 2.75) is 12.6 Å². The first-order valence-corrected chi connectivity index (χ1v) is 4.48. The lowest BCUT2D eigenvalue weighted by molar-refractivity contribution is -0.150. The number of amides is 1. The standard InChI is InChI=1S/C10H8F3N3O/c11-10(12,13)4-9(17)16-8-2-1-6(5-14)3-7(8)15/h1-3H,4,15H2,(H,16,17). The fourth-order valence-corrected chi connectivity index (χ4v) is 1.12. The zero-order chi connectivity index (χ0) is 13.1. The number of rotatable bonds is 2. The van der Waals surface area contributed by atoms with Crippen molar-refractivity contribution < 1.29 is 18.0 Å². The normalized spacial score (nSPS) is 10.7. The molecule has 0 saturated carbocycles. The van der Waals surface area contributed by atoms with Gasteiger partial charge in [0.05, 0.1) is 23.0 Å². The van der Waals surface area contributed by atoms with Gasteiger partial charge in [-0.15, -0.1) is 0 Å². The van der Waals surface area contributed by atoms with Gasteiger partial charge in [-0.2, -0.15) is 18.4 Å². The summed E-state index contributed by atoms with van der Waals surface area (Å²) in [6.45, 7) is 0. The van der Waals surface area contributed by atoms with Crippen LogP contribution in [0.5, 0.6) is 0 Å². The van der Waals surface area contributed by atoms with Gasteiger partial charge in [-0.05, 0) is 18.2 Å². The molecule has 0 spiro atoms. The van der Waals surface area contributed by atoms with Gasteiger partial charge < -0.3 is 11.1 Å². The van der Waals surface area contributed by atoms with Crippen molar-refractivity contribution in [3.05, 3.63) is 23.8 Å². The Morgan fingerprint density at radius 1 is 1.47 bits per heavy atom. The summed E-state index contributed by atoms with van der Waals surface area (Å²) in [5.41, 5.74) is 5.82. The Morgan fingerprint density at radius 2 is 2.12 bits per heavy atom. The van der Waals surface area contributed by atoms with E-state index in [9.17, 15) is 18.0 Å². The Balaban J connectivity index is 2.76. The van der Waals surface area contributed by atoms with E-state index >= 15 is 0 Å². The molecule has 1 aromatic rings. The van der Waals surface area contributed by atoms with Gasteiger partial charge in [0.1, 0.15) is 6.42 Å². The molecule has 17 heavy (non-hydrogen) atoms. The molecule has 0 aliphatic rings. The molecule has 3 N–H and O–H groups in total. The Kier molecular flexibility index (Phi) is 3.58. The van der Waals surface area contributed by atoms with Crippen molar-refractivity contribution in [1.82, 2.24) is 0 Å². The highest BCUT2D eigenvalue weighted by molar-refractivity contribution is 5.94. The van der Waals surface area contributed by atoms with Gasteiger partial charge in [-0.3, -0.25) is 4.79 Å². The minimum absolute atomic E-state index is 0.0413. The fourth-order valence-electron chi connectivity index (χ4n) is 1.12. The molecule has 0 unspecified atom stereocenters. The van der Waals surface area contributed by atoms with Crippen LogP contribution < -0.4 is 11.1 Å². The van der Waals surface area contributed by atoms with Crippen molar-refractivity contribution in [1.29, 1.82) is 5.26 Å². The van der Waals surface area contributed by atoms with Crippen molar-refractivity contribution in [2.24, 2.45) is 0 Å². The number of hydrogen-bond donors (Lipinski definition) is 2. The predicted octanol–water partition coefficient (Wildman–Crippen LogP) is 2.03. The number of nitrogens with two attached hydrogens (primary N) is 1. The summed E-state index contributed by atoms with van der Waals surface area (Å²) < 4.78 is 35.7. The number of nitrogens with one attached hydrogen (secondary N) is 1. The molecular formula is C10H8F3N3O. The third-order valence-corrected chi connectivity index (χ3v) is 1.82. The van der Waals surface area contributed by atoms with Crippen LogP contribution in [0.3, 0.4) is 0 Å². The molecule has 0 fully saturated rings. The summed E-state index contributed by atoms with van der Waals surface area (Å²) in [5.74, 6) is -1.20. The van der Waals surface area contributed by atoms with Crippen LogP contribution in [0.1, 0.15) is 12.0 Å². The molecule has 1 amide bonds. The highest BCUT2D eigenvalue weighted by Gasteiger charge is 2.31. The molecule has 0 radical (unpaired) electrons. The number of hydrogen-bond acceptors (Lipinski definition) is 3. The molecule has 0 atom stereocenters. The van der Waals surface area contributed by atoms with E-state index in [-0.39, 0.29) is 16.9 Å². The van der Waals surface area contributed by atoms with E-state index < -0.39 is 18.5 Å². The van der Waals surface area contributed by atoms with Crippen LogP contribution in [-0.2, 0) is 4.79 Å². The van der Waals surface area contributed by atoms with Gasteiger partial charge >= 0.3 is 6.18 Å². The highest BCUT2D eigenvalue weighted by atomic mass is 19.4. The number of anilines is 2. The second kappa shape index (κ2) is 4.74. The predicted molar refractivity (Wildman–Crippen MR) is 54.9 cm³/mol. The molecular weight excluding hydrogens is 235 g/mol. The van der Waals surface area contributed by atoms with E-state index in [0.717, 1.165) is 0 Å². The van der Waals surface area contributed by atoms with E-state index in [1.807, 2.05) is 11.4 Å². The van der Waals surface area contributed by atoms with Crippen molar-refractivity contribution >= 4 is 17.3 Å². The topological polar surface area (TPSA) is 78.9 Å². The lowest BCUT2D eigenvalue weighted by Gasteiger charge is -2.09. The quantitative estimate of drug-likeness (QED) is 0.780. The van der Waals surface area contributed by atoms with E-state index in [1.165, 1.54) is 18.2 Å². The minimum Gasteiger partial charge on any atom is -0.397 e. The molecule has 0 bridgehead atoms. The molecule has 7 heteroatoms. The molecule has 4 nitrogen and oxygen atoms in total. The number of carbonyl (C=O) groups excluding carboxylic acids is 1. The summed E-state index contributed by atoms with van der Waals surface area (Å²) in [6.07, 6.45) is -6.14. The number of nitriles is 1. The van der Waals surface area contributed by atoms with Gasteiger partial charge in [-0.25, -0.2) is 0 Å². The van der Waals surface area contributed by atoms with E-state index in [2.05, 4.69) is 0 Å². The average molecular weight is 243 g/mol. The van der Waals surface area contributed by atoms with Crippen molar-refractivity contribution in [3.63, 3.8) is 0 Å². The number of carbonyl (C=O) groups is 1. The summed E-state index contributed by atoms with van der Waals surface area (Å²) in [7, 11) is 0. The maximum Gasteiger partial charge on any atom is 0.397 e. The molecule has 90 valence electrons. The second-order valence-electron chi connectivity index (χ2n) is 3.25. The fraction of sp³-hybridized carbons (Fsp3) is 0.200. The van der Waals surface area contributed by atoms with Crippen LogP contribution in [0, 0.1) is 11.3 Å². The molecule has 0 saturated heterocycles. The minimum atomic E-state index is -4.56. The highest BCUT2D eigenvalue weighted by Crippen LogP contribution is 2.23. The van der Waals surface area contributed by atoms with E-state index in [0.29, 0.717) is 0 Å². The summed E-state index contributed by atoms with van der Waals surface area (Å²) in [4.78, 5) is 11.0. The molecule has 1 rings (SSSR count). The third-order valence-electron chi connectivity index (χ3n) is 1.82. The maximum atomic E-state index is 11.9. The van der Waals surface area contributed by atoms with Gasteiger partial charge in [-0.1, -0.05) is 0 Å². The SMILES string of the molecule is N#Cc1ccc(NC(=O)CC(F)(F)F)c(N)c1. The molecule has 0 aromatic heterocycles.